The summed E-state index contributed by atoms with van der Waals surface area (Å²) in [5, 5.41) is 0. The Labute approximate surface area is 147 Å². The maximum Gasteiger partial charge on any atom is 0.228 e. The van der Waals surface area contributed by atoms with Crippen molar-refractivity contribution in [3.63, 3.8) is 0 Å². The average Bonchev–Trinajstić information content (AvgIpc) is 3.02. The molecule has 0 bridgehead atoms. The number of fused-ring (bicyclic) bond motifs is 1. The molecule has 0 saturated carbocycles. The Morgan fingerprint density at radius 2 is 2.00 bits per heavy atom. The fraction of sp³-hybridized carbons (Fsp3) is 0.250. The van der Waals surface area contributed by atoms with Crippen LogP contribution in [0.25, 0.3) is 0 Å². The molecule has 0 fully saturated rings. The third-order valence-electron chi connectivity index (χ3n) is 4.76. The zero-order chi connectivity index (χ0) is 17.2. The number of benzene rings is 1. The van der Waals surface area contributed by atoms with Gasteiger partial charge in [-0.1, -0.05) is 36.4 Å². The molecule has 126 valence electrons. The number of carbonyl (C=O) groups excluding carboxylic acids is 1. The van der Waals surface area contributed by atoms with Crippen molar-refractivity contribution in [2.75, 3.05) is 0 Å². The van der Waals surface area contributed by atoms with Gasteiger partial charge < -0.3 is 9.47 Å². The lowest BCUT2D eigenvalue weighted by Crippen LogP contribution is -2.42. The lowest BCUT2D eigenvalue weighted by Gasteiger charge is -2.37. The number of carbonyl (C=O) groups is 1. The molecule has 1 aromatic carbocycles. The fourth-order valence-corrected chi connectivity index (χ4v) is 3.42. The number of amides is 1. The van der Waals surface area contributed by atoms with Crippen LogP contribution in [0.2, 0.25) is 0 Å². The summed E-state index contributed by atoms with van der Waals surface area (Å²) in [5.41, 5.74) is 3.22. The van der Waals surface area contributed by atoms with E-state index in [1.807, 2.05) is 41.4 Å². The number of nitrogens with zero attached hydrogens (tertiary/aromatic N) is 4. The first kappa shape index (κ1) is 15.6. The second-order valence-electron chi connectivity index (χ2n) is 6.41. The minimum absolute atomic E-state index is 0.0192. The summed E-state index contributed by atoms with van der Waals surface area (Å²) in [4.78, 5) is 23.6. The summed E-state index contributed by atoms with van der Waals surface area (Å²) in [5.74, 6) is 1.05. The van der Waals surface area contributed by atoms with Gasteiger partial charge >= 0.3 is 0 Å². The van der Waals surface area contributed by atoms with Gasteiger partial charge in [0.25, 0.3) is 0 Å². The van der Waals surface area contributed by atoms with Gasteiger partial charge in [-0.3, -0.25) is 9.78 Å². The molecule has 1 amide bonds. The Morgan fingerprint density at radius 1 is 1.16 bits per heavy atom. The summed E-state index contributed by atoms with van der Waals surface area (Å²) >= 11 is 0. The number of hydrogen-bond donors (Lipinski definition) is 0. The van der Waals surface area contributed by atoms with E-state index in [4.69, 9.17) is 0 Å². The van der Waals surface area contributed by atoms with Crippen molar-refractivity contribution in [3.8, 4) is 0 Å². The van der Waals surface area contributed by atoms with E-state index in [-0.39, 0.29) is 11.9 Å². The van der Waals surface area contributed by atoms with E-state index in [1.165, 1.54) is 0 Å². The Morgan fingerprint density at radius 3 is 2.76 bits per heavy atom. The van der Waals surface area contributed by atoms with Crippen molar-refractivity contribution in [2.45, 2.75) is 32.5 Å². The van der Waals surface area contributed by atoms with Crippen LogP contribution in [-0.2, 0) is 24.3 Å². The monoisotopic (exact) mass is 332 g/mol. The van der Waals surface area contributed by atoms with Crippen LogP contribution in [0.15, 0.2) is 61.1 Å². The van der Waals surface area contributed by atoms with Crippen molar-refractivity contribution in [3.05, 3.63) is 83.7 Å². The molecule has 25 heavy (non-hydrogen) atoms. The third-order valence-corrected chi connectivity index (χ3v) is 4.76. The van der Waals surface area contributed by atoms with Crippen LogP contribution in [0.5, 0.6) is 0 Å². The maximum absolute atomic E-state index is 13.0. The molecule has 1 unspecified atom stereocenters. The predicted octanol–water partition coefficient (Wildman–Crippen LogP) is 2.91. The summed E-state index contributed by atoms with van der Waals surface area (Å²) in [7, 11) is 0. The zero-order valence-electron chi connectivity index (χ0n) is 14.2. The first-order valence-electron chi connectivity index (χ1n) is 8.46. The fourth-order valence-electron chi connectivity index (χ4n) is 3.42. The lowest BCUT2D eigenvalue weighted by molar-refractivity contribution is -0.135. The highest BCUT2D eigenvalue weighted by atomic mass is 16.2. The Balaban J connectivity index is 1.66. The number of rotatable bonds is 3. The van der Waals surface area contributed by atoms with Crippen LogP contribution in [0.4, 0.5) is 0 Å². The highest BCUT2D eigenvalue weighted by Crippen LogP contribution is 2.30. The van der Waals surface area contributed by atoms with E-state index in [2.05, 4.69) is 33.6 Å². The van der Waals surface area contributed by atoms with Crippen LogP contribution >= 0.6 is 0 Å². The van der Waals surface area contributed by atoms with Crippen LogP contribution in [-0.4, -0.2) is 25.3 Å². The van der Waals surface area contributed by atoms with Gasteiger partial charge in [-0.2, -0.15) is 0 Å². The van der Waals surface area contributed by atoms with Crippen molar-refractivity contribution in [1.29, 1.82) is 0 Å². The molecule has 1 aliphatic rings. The first-order valence-corrected chi connectivity index (χ1v) is 8.46. The molecule has 0 N–H and O–H groups in total. The minimum atomic E-state index is 0.0192. The molecule has 5 heteroatoms. The van der Waals surface area contributed by atoms with E-state index < -0.39 is 0 Å². The molecule has 2 aromatic heterocycles. The normalized spacial score (nSPS) is 16.5. The number of hydrogen-bond acceptors (Lipinski definition) is 3. The topological polar surface area (TPSA) is 51.0 Å². The summed E-state index contributed by atoms with van der Waals surface area (Å²) in [6.07, 6.45) is 5.72. The Kier molecular flexibility index (Phi) is 4.06. The predicted molar refractivity (Wildman–Crippen MR) is 94.6 cm³/mol. The molecule has 5 nitrogen and oxygen atoms in total. The molecule has 3 heterocycles. The highest BCUT2D eigenvalue weighted by Gasteiger charge is 2.32. The maximum atomic E-state index is 13.0. The van der Waals surface area contributed by atoms with Crippen LogP contribution < -0.4 is 0 Å². The van der Waals surface area contributed by atoms with E-state index in [1.54, 1.807) is 12.4 Å². The molecular weight excluding hydrogens is 312 g/mol. The average molecular weight is 332 g/mol. The molecule has 3 aromatic rings. The molecule has 0 aliphatic carbocycles. The van der Waals surface area contributed by atoms with Gasteiger partial charge in [0.2, 0.25) is 5.91 Å². The number of imidazole rings is 1. The number of pyridine rings is 1. The van der Waals surface area contributed by atoms with Crippen LogP contribution in [0.3, 0.4) is 0 Å². The van der Waals surface area contributed by atoms with Crippen molar-refractivity contribution < 1.29 is 4.79 Å². The summed E-state index contributed by atoms with van der Waals surface area (Å²) < 4.78 is 2.21. The van der Waals surface area contributed by atoms with Crippen molar-refractivity contribution in [2.24, 2.45) is 0 Å². The Hall–Kier alpha value is -2.95. The molecule has 0 saturated heterocycles. The van der Waals surface area contributed by atoms with E-state index in [0.29, 0.717) is 13.0 Å². The number of aromatic nitrogens is 3. The van der Waals surface area contributed by atoms with Gasteiger partial charge in [-0.25, -0.2) is 4.98 Å². The van der Waals surface area contributed by atoms with E-state index >= 15 is 0 Å². The number of aryl methyl sites for hydroxylation is 1. The quantitative estimate of drug-likeness (QED) is 0.741. The van der Waals surface area contributed by atoms with Crippen molar-refractivity contribution in [1.82, 2.24) is 19.4 Å². The molecule has 4 rings (SSSR count). The molecular formula is C20H20N4O. The van der Waals surface area contributed by atoms with Gasteiger partial charge in [0.05, 0.1) is 19.0 Å². The van der Waals surface area contributed by atoms with Crippen molar-refractivity contribution >= 4 is 5.91 Å². The minimum Gasteiger partial charge on any atom is -0.328 e. The third kappa shape index (κ3) is 3.05. The molecule has 1 aliphatic heterocycles. The second-order valence-corrected chi connectivity index (χ2v) is 6.41. The smallest absolute Gasteiger partial charge is 0.228 e. The summed E-state index contributed by atoms with van der Waals surface area (Å²) in [6.45, 7) is 3.34. The largest absolute Gasteiger partial charge is 0.328 e. The second kappa shape index (κ2) is 6.51. The van der Waals surface area contributed by atoms with Gasteiger partial charge in [0, 0.05) is 30.8 Å². The van der Waals surface area contributed by atoms with Crippen LogP contribution in [0.1, 0.15) is 28.7 Å². The highest BCUT2D eigenvalue weighted by molar-refractivity contribution is 5.79. The van der Waals surface area contributed by atoms with Gasteiger partial charge in [-0.15, -0.1) is 0 Å². The molecule has 0 radical (unpaired) electrons. The van der Waals surface area contributed by atoms with E-state index in [9.17, 15) is 4.79 Å². The van der Waals surface area contributed by atoms with Gasteiger partial charge in [0.1, 0.15) is 5.82 Å². The van der Waals surface area contributed by atoms with Gasteiger partial charge in [0.15, 0.2) is 0 Å². The van der Waals surface area contributed by atoms with Gasteiger partial charge in [-0.05, 0) is 24.1 Å². The van der Waals surface area contributed by atoms with Crippen LogP contribution in [0, 0.1) is 6.92 Å². The lowest BCUT2D eigenvalue weighted by atomic mass is 10.0. The molecule has 1 atom stereocenters. The standard InChI is InChI=1S/C20H20N4O/c1-15-11-22-19-14-24(20(25)10-16-6-5-9-21-12-16)18(13-23(15)19)17-7-3-2-4-8-17/h2-9,11-12,18H,10,13-14H2,1H3. The SMILES string of the molecule is Cc1cnc2n1CC(c1ccccc1)N(C(=O)Cc1cccnc1)C2. The zero-order valence-corrected chi connectivity index (χ0v) is 14.2. The first-order chi connectivity index (χ1) is 12.2. The Bertz CT molecular complexity index is 873. The summed E-state index contributed by atoms with van der Waals surface area (Å²) in [6, 6.07) is 14.1. The van der Waals surface area contributed by atoms with E-state index in [0.717, 1.165) is 29.2 Å². The molecule has 0 spiro atoms.